The van der Waals surface area contributed by atoms with Gasteiger partial charge in [-0.3, -0.25) is 4.90 Å². The first kappa shape index (κ1) is 18.8. The van der Waals surface area contributed by atoms with Crippen LogP contribution in [0.2, 0.25) is 5.02 Å². The van der Waals surface area contributed by atoms with Gasteiger partial charge < -0.3 is 4.74 Å². The van der Waals surface area contributed by atoms with E-state index in [4.69, 9.17) is 21.2 Å². The van der Waals surface area contributed by atoms with Crippen molar-refractivity contribution in [3.8, 4) is 0 Å². The lowest BCUT2D eigenvalue weighted by atomic mass is 9.90. The van der Waals surface area contributed by atoms with Crippen molar-refractivity contribution in [2.24, 2.45) is 0 Å². The lowest BCUT2D eigenvalue weighted by molar-refractivity contribution is -0.163. The average Bonchev–Trinajstić information content (AvgIpc) is 2.99. The van der Waals surface area contributed by atoms with Gasteiger partial charge in [0.15, 0.2) is 0 Å². The number of fused-ring (bicyclic) bond motifs is 1. The summed E-state index contributed by atoms with van der Waals surface area (Å²) in [7, 11) is 0. The summed E-state index contributed by atoms with van der Waals surface area (Å²) in [5.41, 5.74) is 3.45. The zero-order chi connectivity index (χ0) is 19.2. The molecule has 1 unspecified atom stereocenters. The number of aryl methyl sites for hydroxylation is 1. The Morgan fingerprint density at radius 3 is 2.33 bits per heavy atom. The van der Waals surface area contributed by atoms with Crippen molar-refractivity contribution in [1.29, 1.82) is 0 Å². The minimum Gasteiger partial charge on any atom is -0.379 e. The number of halogens is 1. The maximum absolute atomic E-state index is 6.86. The molecule has 0 N–H and O–H groups in total. The highest BCUT2D eigenvalue weighted by molar-refractivity contribution is 6.31. The third-order valence-corrected chi connectivity index (χ3v) is 5.72. The van der Waals surface area contributed by atoms with Crippen LogP contribution in [0.3, 0.4) is 0 Å². The number of hydrogen-bond donors (Lipinski definition) is 0. The summed E-state index contributed by atoms with van der Waals surface area (Å²) >= 11 is 6.59. The highest BCUT2D eigenvalue weighted by atomic mass is 35.5. The second-order valence-electron chi connectivity index (χ2n) is 8.28. The van der Waals surface area contributed by atoms with Crippen LogP contribution in [0.4, 0.5) is 5.69 Å². The van der Waals surface area contributed by atoms with E-state index < -0.39 is 5.72 Å². The van der Waals surface area contributed by atoms with Crippen molar-refractivity contribution >= 4 is 17.3 Å². The van der Waals surface area contributed by atoms with Gasteiger partial charge in [-0.25, -0.2) is 9.90 Å². The first-order valence-corrected chi connectivity index (χ1v) is 9.90. The Hall–Kier alpha value is -1.59. The van der Waals surface area contributed by atoms with Crippen LogP contribution in [0.25, 0.3) is 0 Å². The molecular weight excluding hydrogens is 360 g/mol. The maximum atomic E-state index is 6.86. The van der Waals surface area contributed by atoms with Crippen LogP contribution in [0, 0.1) is 6.92 Å². The summed E-state index contributed by atoms with van der Waals surface area (Å²) in [5, 5.41) is 2.82. The van der Waals surface area contributed by atoms with E-state index in [1.54, 1.807) is 0 Å². The van der Waals surface area contributed by atoms with Gasteiger partial charge in [-0.1, -0.05) is 41.9 Å². The van der Waals surface area contributed by atoms with Gasteiger partial charge in [0, 0.05) is 29.2 Å². The van der Waals surface area contributed by atoms with Crippen molar-refractivity contribution in [2.75, 3.05) is 31.4 Å². The van der Waals surface area contributed by atoms with Crippen LogP contribution in [0.1, 0.15) is 37.5 Å². The number of hydroxylamine groups is 1. The fraction of sp³-hybridized carbons (Fsp3) is 0.455. The van der Waals surface area contributed by atoms with Gasteiger partial charge in [-0.05, 0) is 45.4 Å². The van der Waals surface area contributed by atoms with Crippen LogP contribution in [0.15, 0.2) is 42.5 Å². The molecule has 5 heteroatoms. The molecule has 0 radical (unpaired) electrons. The molecule has 4 rings (SSSR count). The van der Waals surface area contributed by atoms with Gasteiger partial charge in [0.2, 0.25) is 5.72 Å². The van der Waals surface area contributed by atoms with Crippen LogP contribution in [-0.4, -0.2) is 36.7 Å². The van der Waals surface area contributed by atoms with E-state index in [0.29, 0.717) is 13.2 Å². The Balaban J connectivity index is 1.98. The molecule has 0 bridgehead atoms. The van der Waals surface area contributed by atoms with E-state index in [2.05, 4.69) is 62.1 Å². The molecular formula is C22H27ClN2O2. The topological polar surface area (TPSA) is 24.9 Å². The highest BCUT2D eigenvalue weighted by Crippen LogP contribution is 2.52. The van der Waals surface area contributed by atoms with Gasteiger partial charge in [0.25, 0.3) is 0 Å². The Morgan fingerprint density at radius 2 is 1.70 bits per heavy atom. The second kappa shape index (κ2) is 6.78. The molecule has 1 saturated heterocycles. The molecule has 0 saturated carbocycles. The number of anilines is 1. The number of rotatable bonds is 2. The Morgan fingerprint density at radius 1 is 1.04 bits per heavy atom. The van der Waals surface area contributed by atoms with Crippen molar-refractivity contribution < 1.29 is 9.57 Å². The zero-order valence-electron chi connectivity index (χ0n) is 16.5. The van der Waals surface area contributed by atoms with E-state index in [1.165, 1.54) is 0 Å². The fourth-order valence-electron chi connectivity index (χ4n) is 4.00. The van der Waals surface area contributed by atoms with Crippen LogP contribution < -0.4 is 5.06 Å². The number of nitrogens with zero attached hydrogens (tertiary/aromatic N) is 2. The van der Waals surface area contributed by atoms with E-state index in [9.17, 15) is 0 Å². The fourth-order valence-corrected chi connectivity index (χ4v) is 4.16. The molecule has 2 aromatic rings. The maximum Gasteiger partial charge on any atom is 0.203 e. The molecule has 0 aliphatic carbocycles. The van der Waals surface area contributed by atoms with Crippen LogP contribution >= 0.6 is 11.6 Å². The van der Waals surface area contributed by atoms with Gasteiger partial charge in [-0.15, -0.1) is 0 Å². The Kier molecular flexibility index (Phi) is 4.71. The van der Waals surface area contributed by atoms with E-state index in [1.807, 2.05) is 18.1 Å². The normalized spacial score (nSPS) is 23.5. The molecule has 0 amide bonds. The van der Waals surface area contributed by atoms with Crippen molar-refractivity contribution in [2.45, 2.75) is 39.0 Å². The van der Waals surface area contributed by atoms with Gasteiger partial charge >= 0.3 is 0 Å². The predicted molar refractivity (Wildman–Crippen MR) is 109 cm³/mol. The summed E-state index contributed by atoms with van der Waals surface area (Å²) in [6.07, 6.45) is 0. The average molecular weight is 387 g/mol. The number of benzene rings is 2. The van der Waals surface area contributed by atoms with Crippen molar-refractivity contribution in [1.82, 2.24) is 4.90 Å². The lowest BCUT2D eigenvalue weighted by Crippen LogP contribution is -2.54. The van der Waals surface area contributed by atoms with Gasteiger partial charge in [0.1, 0.15) is 0 Å². The molecule has 144 valence electrons. The summed E-state index contributed by atoms with van der Waals surface area (Å²) in [6, 6.07) is 14.7. The van der Waals surface area contributed by atoms with Gasteiger partial charge in [0.05, 0.1) is 24.4 Å². The largest absolute Gasteiger partial charge is 0.379 e. The Bertz CT molecular complexity index is 828. The SMILES string of the molecule is Cc1cc2c(cc1Cl)C(c1ccccc1)(N1CCOCC1)ON2C(C)(C)C. The van der Waals surface area contributed by atoms with E-state index in [0.717, 1.165) is 40.5 Å². The Labute approximate surface area is 166 Å². The summed E-state index contributed by atoms with van der Waals surface area (Å²) in [6.45, 7) is 11.5. The van der Waals surface area contributed by atoms with Crippen molar-refractivity contribution in [3.63, 3.8) is 0 Å². The first-order chi connectivity index (χ1) is 12.8. The smallest absolute Gasteiger partial charge is 0.203 e. The van der Waals surface area contributed by atoms with E-state index in [-0.39, 0.29) is 5.54 Å². The van der Waals surface area contributed by atoms with Crippen LogP contribution in [0.5, 0.6) is 0 Å². The standard InChI is InChI=1S/C22H27ClN2O2/c1-16-14-20-18(15-19(16)23)22(17-8-6-5-7-9-17,24-10-12-26-13-11-24)27-25(20)21(2,3)4/h5-9,14-15H,10-13H2,1-4H3. The molecule has 2 heterocycles. The molecule has 0 aromatic heterocycles. The molecule has 2 aromatic carbocycles. The summed E-state index contributed by atoms with van der Waals surface area (Å²) in [5.74, 6) is 0. The number of morpholine rings is 1. The third kappa shape index (κ3) is 3.05. The summed E-state index contributed by atoms with van der Waals surface area (Å²) in [4.78, 5) is 9.24. The molecule has 27 heavy (non-hydrogen) atoms. The third-order valence-electron chi connectivity index (χ3n) is 5.31. The minimum atomic E-state index is -0.703. The lowest BCUT2D eigenvalue weighted by Gasteiger charge is -2.44. The second-order valence-corrected chi connectivity index (χ2v) is 8.69. The summed E-state index contributed by atoms with van der Waals surface area (Å²) < 4.78 is 5.63. The zero-order valence-corrected chi connectivity index (χ0v) is 17.2. The first-order valence-electron chi connectivity index (χ1n) is 9.52. The molecule has 1 atom stereocenters. The van der Waals surface area contributed by atoms with Crippen LogP contribution in [-0.2, 0) is 15.3 Å². The molecule has 2 aliphatic heterocycles. The molecule has 0 spiro atoms. The highest BCUT2D eigenvalue weighted by Gasteiger charge is 2.53. The van der Waals surface area contributed by atoms with Gasteiger partial charge in [-0.2, -0.15) is 0 Å². The molecule has 2 aliphatic rings. The number of ether oxygens (including phenoxy) is 1. The van der Waals surface area contributed by atoms with E-state index >= 15 is 0 Å². The molecule has 1 fully saturated rings. The quantitative estimate of drug-likeness (QED) is 0.744. The predicted octanol–water partition coefficient (Wildman–Crippen LogP) is 4.73. The monoisotopic (exact) mass is 386 g/mol. The molecule has 4 nitrogen and oxygen atoms in total. The minimum absolute atomic E-state index is 0.197. The number of hydrogen-bond acceptors (Lipinski definition) is 4. The van der Waals surface area contributed by atoms with Crippen molar-refractivity contribution in [3.05, 3.63) is 64.2 Å².